The first-order valence-electron chi connectivity index (χ1n) is 7.51. The lowest BCUT2D eigenvalue weighted by Crippen LogP contribution is -2.32. The van der Waals surface area contributed by atoms with Gasteiger partial charge >= 0.3 is 0 Å². The normalized spacial score (nSPS) is 17.9. The van der Waals surface area contributed by atoms with E-state index in [9.17, 15) is 0 Å². The predicted molar refractivity (Wildman–Crippen MR) is 87.5 cm³/mol. The van der Waals surface area contributed by atoms with E-state index >= 15 is 0 Å². The molecule has 1 aromatic rings. The largest absolute Gasteiger partial charge is 0.380 e. The summed E-state index contributed by atoms with van der Waals surface area (Å²) in [6.45, 7) is 3.68. The minimum atomic E-state index is 0.484. The third kappa shape index (κ3) is 5.02. The molecule has 0 unspecified atom stereocenters. The van der Waals surface area contributed by atoms with Crippen molar-refractivity contribution in [3.8, 4) is 0 Å². The SMILES string of the molecule is COCc1ccccc1NC(N)=NCC1CCN(C)CC1. The fourth-order valence-electron chi connectivity index (χ4n) is 2.57. The average molecular weight is 290 g/mol. The van der Waals surface area contributed by atoms with Crippen molar-refractivity contribution in [3.05, 3.63) is 29.8 Å². The van der Waals surface area contributed by atoms with Crippen molar-refractivity contribution in [3.63, 3.8) is 0 Å². The number of rotatable bonds is 5. The summed E-state index contributed by atoms with van der Waals surface area (Å²) in [7, 11) is 3.86. The number of nitrogens with one attached hydrogen (secondary N) is 1. The van der Waals surface area contributed by atoms with Crippen LogP contribution in [0.15, 0.2) is 29.3 Å². The summed E-state index contributed by atoms with van der Waals surface area (Å²) in [4.78, 5) is 6.86. The third-order valence-electron chi connectivity index (χ3n) is 3.94. The van der Waals surface area contributed by atoms with E-state index in [1.54, 1.807) is 7.11 Å². The minimum absolute atomic E-state index is 0.484. The smallest absolute Gasteiger partial charge is 0.193 e. The summed E-state index contributed by atoms with van der Waals surface area (Å²) in [6, 6.07) is 7.99. The van der Waals surface area contributed by atoms with Gasteiger partial charge in [0, 0.05) is 24.9 Å². The molecule has 0 aromatic heterocycles. The maximum absolute atomic E-state index is 6.00. The maximum Gasteiger partial charge on any atom is 0.193 e. The Morgan fingerprint density at radius 2 is 2.10 bits per heavy atom. The Hall–Kier alpha value is -1.59. The van der Waals surface area contributed by atoms with Crippen LogP contribution < -0.4 is 11.1 Å². The van der Waals surface area contributed by atoms with Crippen LogP contribution in [0.25, 0.3) is 0 Å². The quantitative estimate of drug-likeness (QED) is 0.642. The Labute approximate surface area is 127 Å². The Morgan fingerprint density at radius 1 is 1.38 bits per heavy atom. The molecule has 1 saturated heterocycles. The predicted octanol–water partition coefficient (Wildman–Crippen LogP) is 1.90. The van der Waals surface area contributed by atoms with Gasteiger partial charge in [-0.15, -0.1) is 0 Å². The lowest BCUT2D eigenvalue weighted by atomic mass is 9.97. The topological polar surface area (TPSA) is 62.9 Å². The number of guanidine groups is 1. The first-order valence-corrected chi connectivity index (χ1v) is 7.51. The van der Waals surface area contributed by atoms with Crippen molar-refractivity contribution in [1.29, 1.82) is 0 Å². The van der Waals surface area contributed by atoms with Gasteiger partial charge in [-0.2, -0.15) is 0 Å². The lowest BCUT2D eigenvalue weighted by molar-refractivity contribution is 0.185. The molecular weight excluding hydrogens is 264 g/mol. The lowest BCUT2D eigenvalue weighted by Gasteiger charge is -2.27. The Kier molecular flexibility index (Phi) is 6.02. The van der Waals surface area contributed by atoms with Crippen LogP contribution in [0.1, 0.15) is 18.4 Å². The number of para-hydroxylation sites is 1. The van der Waals surface area contributed by atoms with Gasteiger partial charge < -0.3 is 20.7 Å². The van der Waals surface area contributed by atoms with Crippen molar-refractivity contribution in [2.45, 2.75) is 19.4 Å². The number of likely N-dealkylation sites (tertiary alicyclic amines) is 1. The maximum atomic E-state index is 6.00. The fraction of sp³-hybridized carbons (Fsp3) is 0.562. The zero-order valence-corrected chi connectivity index (χ0v) is 13.0. The van der Waals surface area contributed by atoms with Gasteiger partial charge in [-0.05, 0) is 45.0 Å². The summed E-state index contributed by atoms with van der Waals surface area (Å²) in [5, 5.41) is 3.18. The molecule has 116 valence electrons. The molecule has 1 fully saturated rings. The molecule has 5 heteroatoms. The second kappa shape index (κ2) is 8.00. The molecule has 1 aliphatic heterocycles. The zero-order valence-electron chi connectivity index (χ0n) is 13.0. The van der Waals surface area contributed by atoms with E-state index in [2.05, 4.69) is 22.3 Å². The van der Waals surface area contributed by atoms with E-state index in [1.807, 2.05) is 24.3 Å². The van der Waals surface area contributed by atoms with Crippen molar-refractivity contribution >= 4 is 11.6 Å². The summed E-state index contributed by atoms with van der Waals surface area (Å²) in [5.74, 6) is 1.13. The highest BCUT2D eigenvalue weighted by molar-refractivity contribution is 5.92. The van der Waals surface area contributed by atoms with Crippen LogP contribution in [0.4, 0.5) is 5.69 Å². The van der Waals surface area contributed by atoms with E-state index in [0.29, 0.717) is 18.5 Å². The molecule has 3 N–H and O–H groups in total. The number of nitrogens with two attached hydrogens (primary N) is 1. The molecule has 0 aliphatic carbocycles. The Morgan fingerprint density at radius 3 is 2.81 bits per heavy atom. The van der Waals surface area contributed by atoms with E-state index in [-0.39, 0.29) is 0 Å². The number of piperidine rings is 1. The molecular formula is C16H26N4O. The monoisotopic (exact) mass is 290 g/mol. The van der Waals surface area contributed by atoms with Gasteiger partial charge in [0.05, 0.1) is 6.61 Å². The highest BCUT2D eigenvalue weighted by Crippen LogP contribution is 2.17. The van der Waals surface area contributed by atoms with E-state index in [4.69, 9.17) is 10.5 Å². The number of hydrogen-bond donors (Lipinski definition) is 2. The molecule has 1 heterocycles. The first kappa shape index (κ1) is 15.8. The van der Waals surface area contributed by atoms with E-state index in [1.165, 1.54) is 12.8 Å². The summed E-state index contributed by atoms with van der Waals surface area (Å²) < 4.78 is 5.19. The van der Waals surface area contributed by atoms with Gasteiger partial charge in [0.1, 0.15) is 0 Å². The molecule has 0 spiro atoms. The zero-order chi connectivity index (χ0) is 15.1. The average Bonchev–Trinajstić information content (AvgIpc) is 2.49. The van der Waals surface area contributed by atoms with Gasteiger partial charge in [-0.25, -0.2) is 0 Å². The highest BCUT2D eigenvalue weighted by atomic mass is 16.5. The molecule has 0 bridgehead atoms. The van der Waals surface area contributed by atoms with Gasteiger partial charge in [0.15, 0.2) is 5.96 Å². The third-order valence-corrected chi connectivity index (χ3v) is 3.94. The van der Waals surface area contributed by atoms with Crippen molar-refractivity contribution in [2.24, 2.45) is 16.6 Å². The molecule has 1 aromatic carbocycles. The molecule has 5 nitrogen and oxygen atoms in total. The van der Waals surface area contributed by atoms with Crippen LogP contribution >= 0.6 is 0 Å². The number of ether oxygens (including phenoxy) is 1. The van der Waals surface area contributed by atoms with E-state index in [0.717, 1.165) is 30.9 Å². The van der Waals surface area contributed by atoms with Crippen molar-refractivity contribution < 1.29 is 4.74 Å². The molecule has 0 radical (unpaired) electrons. The Bertz CT molecular complexity index is 467. The van der Waals surface area contributed by atoms with Crippen LogP contribution in [0.5, 0.6) is 0 Å². The minimum Gasteiger partial charge on any atom is -0.380 e. The molecule has 2 rings (SSSR count). The Balaban J connectivity index is 1.88. The van der Waals surface area contributed by atoms with Gasteiger partial charge in [0.2, 0.25) is 0 Å². The van der Waals surface area contributed by atoms with Crippen LogP contribution in [0.2, 0.25) is 0 Å². The van der Waals surface area contributed by atoms with Gasteiger partial charge in [-0.1, -0.05) is 18.2 Å². The molecule has 0 atom stereocenters. The first-order chi connectivity index (χ1) is 10.2. The van der Waals surface area contributed by atoms with Crippen LogP contribution in [0.3, 0.4) is 0 Å². The standard InChI is InChI=1S/C16H26N4O/c1-20-9-7-13(8-10-20)11-18-16(17)19-15-6-4-3-5-14(15)12-21-2/h3-6,13H,7-12H2,1-2H3,(H3,17,18,19). The molecule has 0 saturated carbocycles. The van der Waals surface area contributed by atoms with E-state index < -0.39 is 0 Å². The molecule has 1 aliphatic rings. The highest BCUT2D eigenvalue weighted by Gasteiger charge is 2.16. The summed E-state index contributed by atoms with van der Waals surface area (Å²) in [5.41, 5.74) is 8.05. The number of aliphatic imine (C=N–C) groups is 1. The van der Waals surface area contributed by atoms with Crippen LogP contribution in [-0.4, -0.2) is 44.7 Å². The van der Waals surface area contributed by atoms with Gasteiger partial charge in [0.25, 0.3) is 0 Å². The number of anilines is 1. The molecule has 21 heavy (non-hydrogen) atoms. The van der Waals surface area contributed by atoms with Gasteiger partial charge in [-0.3, -0.25) is 4.99 Å². The van der Waals surface area contributed by atoms with Crippen LogP contribution in [-0.2, 0) is 11.3 Å². The number of hydrogen-bond acceptors (Lipinski definition) is 3. The summed E-state index contributed by atoms with van der Waals surface area (Å²) >= 11 is 0. The number of methoxy groups -OCH3 is 1. The number of benzene rings is 1. The van der Waals surface area contributed by atoms with Crippen molar-refractivity contribution in [2.75, 3.05) is 39.1 Å². The number of nitrogens with zero attached hydrogens (tertiary/aromatic N) is 2. The molecule has 0 amide bonds. The van der Waals surface area contributed by atoms with Crippen LogP contribution in [0, 0.1) is 5.92 Å². The second-order valence-corrected chi connectivity index (χ2v) is 5.69. The van der Waals surface area contributed by atoms with Crippen molar-refractivity contribution in [1.82, 2.24) is 4.90 Å². The fourth-order valence-corrected chi connectivity index (χ4v) is 2.57. The summed E-state index contributed by atoms with van der Waals surface area (Å²) in [6.07, 6.45) is 2.40. The second-order valence-electron chi connectivity index (χ2n) is 5.69.